The number of pyridine rings is 1. The van der Waals surface area contributed by atoms with Gasteiger partial charge < -0.3 is 5.32 Å². The first-order valence-corrected chi connectivity index (χ1v) is 10.6. The van der Waals surface area contributed by atoms with Crippen molar-refractivity contribution in [1.29, 1.82) is 0 Å². The van der Waals surface area contributed by atoms with E-state index in [9.17, 15) is 4.79 Å². The number of nitrogens with one attached hydrogen (secondary N) is 1. The highest BCUT2D eigenvalue weighted by molar-refractivity contribution is 7.17. The molecule has 6 heteroatoms. The molecule has 0 aliphatic rings. The minimum atomic E-state index is -0.187. The van der Waals surface area contributed by atoms with Gasteiger partial charge in [0.2, 0.25) is 0 Å². The van der Waals surface area contributed by atoms with Crippen LogP contribution in [-0.2, 0) is 0 Å². The van der Waals surface area contributed by atoms with E-state index in [1.807, 2.05) is 42.6 Å². The Morgan fingerprint density at radius 3 is 2.54 bits per heavy atom. The SMILES string of the molecule is Cc1ccc([C@@H](NC(=O)c2sc(-c3ccccn3)nc2C)c2cccs2)cc1. The molecule has 0 fully saturated rings. The van der Waals surface area contributed by atoms with Crippen LogP contribution in [0.4, 0.5) is 0 Å². The van der Waals surface area contributed by atoms with Gasteiger partial charge in [0, 0.05) is 11.1 Å². The van der Waals surface area contributed by atoms with Gasteiger partial charge >= 0.3 is 0 Å². The molecule has 1 N–H and O–H groups in total. The zero-order valence-corrected chi connectivity index (χ0v) is 17.2. The van der Waals surface area contributed by atoms with Crippen molar-refractivity contribution in [2.75, 3.05) is 0 Å². The minimum Gasteiger partial charge on any atom is -0.340 e. The maximum atomic E-state index is 13.1. The summed E-state index contributed by atoms with van der Waals surface area (Å²) >= 11 is 3.01. The van der Waals surface area contributed by atoms with Crippen LogP contribution in [0.5, 0.6) is 0 Å². The van der Waals surface area contributed by atoms with E-state index in [4.69, 9.17) is 0 Å². The molecule has 0 aliphatic heterocycles. The van der Waals surface area contributed by atoms with Crippen molar-refractivity contribution in [3.8, 4) is 10.7 Å². The molecule has 3 aromatic heterocycles. The molecule has 0 aliphatic carbocycles. The van der Waals surface area contributed by atoms with Crippen LogP contribution in [-0.4, -0.2) is 15.9 Å². The van der Waals surface area contributed by atoms with Crippen LogP contribution in [0.2, 0.25) is 0 Å². The van der Waals surface area contributed by atoms with Crippen molar-refractivity contribution in [2.24, 2.45) is 0 Å². The van der Waals surface area contributed by atoms with E-state index < -0.39 is 0 Å². The number of aromatic nitrogens is 2. The number of carbonyl (C=O) groups is 1. The van der Waals surface area contributed by atoms with Gasteiger partial charge in [-0.1, -0.05) is 42.0 Å². The molecule has 140 valence electrons. The third kappa shape index (κ3) is 3.88. The van der Waals surface area contributed by atoms with Crippen LogP contribution in [0.3, 0.4) is 0 Å². The number of rotatable bonds is 5. The van der Waals surface area contributed by atoms with E-state index in [2.05, 4.69) is 46.5 Å². The molecule has 3 heterocycles. The summed E-state index contributed by atoms with van der Waals surface area (Å²) < 4.78 is 0. The van der Waals surface area contributed by atoms with Gasteiger partial charge in [-0.2, -0.15) is 0 Å². The van der Waals surface area contributed by atoms with Crippen molar-refractivity contribution in [2.45, 2.75) is 19.9 Å². The van der Waals surface area contributed by atoms with Crippen LogP contribution >= 0.6 is 22.7 Å². The monoisotopic (exact) mass is 405 g/mol. The topological polar surface area (TPSA) is 54.9 Å². The molecule has 1 aromatic carbocycles. The van der Waals surface area contributed by atoms with Gasteiger partial charge in [-0.05, 0) is 43.0 Å². The van der Waals surface area contributed by atoms with Crippen molar-refractivity contribution in [3.63, 3.8) is 0 Å². The summed E-state index contributed by atoms with van der Waals surface area (Å²) in [6.07, 6.45) is 1.73. The average Bonchev–Trinajstić information content (AvgIpc) is 3.37. The number of nitrogens with zero attached hydrogens (tertiary/aromatic N) is 2. The molecule has 4 aromatic rings. The molecule has 1 amide bonds. The summed E-state index contributed by atoms with van der Waals surface area (Å²) in [7, 11) is 0. The lowest BCUT2D eigenvalue weighted by molar-refractivity contribution is 0.0947. The quantitative estimate of drug-likeness (QED) is 0.483. The zero-order chi connectivity index (χ0) is 19.5. The first kappa shape index (κ1) is 18.5. The Morgan fingerprint density at radius 1 is 1.04 bits per heavy atom. The van der Waals surface area contributed by atoms with Crippen LogP contribution in [0.15, 0.2) is 66.2 Å². The molecule has 4 rings (SSSR count). The van der Waals surface area contributed by atoms with Crippen molar-refractivity contribution >= 4 is 28.6 Å². The second-order valence-electron chi connectivity index (χ2n) is 6.48. The molecule has 0 spiro atoms. The van der Waals surface area contributed by atoms with E-state index in [1.54, 1.807) is 17.5 Å². The standard InChI is InChI=1S/C22H19N3OS2/c1-14-8-10-16(11-9-14)19(18-7-5-13-27-18)25-21(26)20-15(2)24-22(28-20)17-6-3-4-12-23-17/h3-13,19H,1-2H3,(H,25,26)/t19-/m1/s1. The number of thiazole rings is 1. The Balaban J connectivity index is 1.63. The number of aryl methyl sites for hydroxylation is 2. The van der Waals surface area contributed by atoms with Crippen molar-refractivity contribution in [3.05, 3.63) is 92.7 Å². The number of hydrogen-bond acceptors (Lipinski definition) is 5. The van der Waals surface area contributed by atoms with Gasteiger partial charge in [-0.15, -0.1) is 22.7 Å². The number of carbonyl (C=O) groups excluding carboxylic acids is 1. The number of benzene rings is 1. The summed E-state index contributed by atoms with van der Waals surface area (Å²) in [5, 5.41) is 5.98. The van der Waals surface area contributed by atoms with E-state index in [0.29, 0.717) is 4.88 Å². The van der Waals surface area contributed by atoms with Crippen LogP contribution < -0.4 is 5.32 Å². The Morgan fingerprint density at radius 2 is 1.86 bits per heavy atom. The molecular weight excluding hydrogens is 386 g/mol. The molecule has 4 nitrogen and oxygen atoms in total. The molecule has 28 heavy (non-hydrogen) atoms. The lowest BCUT2D eigenvalue weighted by atomic mass is 10.0. The molecular formula is C22H19N3OS2. The number of thiophene rings is 1. The third-order valence-corrected chi connectivity index (χ3v) is 6.52. The zero-order valence-electron chi connectivity index (χ0n) is 15.5. The maximum Gasteiger partial charge on any atom is 0.264 e. The fourth-order valence-corrected chi connectivity index (χ4v) is 4.68. The predicted molar refractivity (Wildman–Crippen MR) is 115 cm³/mol. The van der Waals surface area contributed by atoms with Gasteiger partial charge in [-0.25, -0.2) is 4.98 Å². The molecule has 0 saturated carbocycles. The molecule has 0 radical (unpaired) electrons. The third-order valence-electron chi connectivity index (χ3n) is 4.40. The summed E-state index contributed by atoms with van der Waals surface area (Å²) in [6.45, 7) is 3.92. The Hall–Kier alpha value is -2.83. The van der Waals surface area contributed by atoms with Gasteiger partial charge in [0.05, 0.1) is 17.4 Å². The first-order chi connectivity index (χ1) is 13.6. The summed E-state index contributed by atoms with van der Waals surface area (Å²) in [6, 6.07) is 17.8. The number of hydrogen-bond donors (Lipinski definition) is 1. The minimum absolute atomic E-state index is 0.115. The highest BCUT2D eigenvalue weighted by atomic mass is 32.1. The van der Waals surface area contributed by atoms with Crippen molar-refractivity contribution < 1.29 is 4.79 Å². The Labute approximate surface area is 171 Å². The maximum absolute atomic E-state index is 13.1. The van der Waals surface area contributed by atoms with E-state index in [-0.39, 0.29) is 11.9 Å². The smallest absolute Gasteiger partial charge is 0.264 e. The number of amides is 1. The largest absolute Gasteiger partial charge is 0.340 e. The van der Waals surface area contributed by atoms with Crippen LogP contribution in [0.25, 0.3) is 10.7 Å². The van der Waals surface area contributed by atoms with Gasteiger partial charge in [0.25, 0.3) is 5.91 Å². The van der Waals surface area contributed by atoms with E-state index in [0.717, 1.165) is 26.8 Å². The van der Waals surface area contributed by atoms with Crippen molar-refractivity contribution in [1.82, 2.24) is 15.3 Å². The van der Waals surface area contributed by atoms with Gasteiger partial charge in [0.15, 0.2) is 0 Å². The van der Waals surface area contributed by atoms with Gasteiger partial charge in [-0.3, -0.25) is 9.78 Å². The molecule has 0 saturated heterocycles. The molecule has 0 bridgehead atoms. The fourth-order valence-electron chi connectivity index (χ4n) is 2.94. The molecule has 1 atom stereocenters. The van der Waals surface area contributed by atoms with E-state index in [1.165, 1.54) is 16.9 Å². The predicted octanol–water partition coefficient (Wildman–Crippen LogP) is 5.40. The normalized spacial score (nSPS) is 11.9. The Kier molecular flexibility index (Phi) is 5.32. The summed E-state index contributed by atoms with van der Waals surface area (Å²) in [5.74, 6) is -0.115. The fraction of sp³-hybridized carbons (Fsp3) is 0.136. The van der Waals surface area contributed by atoms with Crippen LogP contribution in [0.1, 0.15) is 37.4 Å². The van der Waals surface area contributed by atoms with Crippen LogP contribution in [0, 0.1) is 13.8 Å². The van der Waals surface area contributed by atoms with E-state index >= 15 is 0 Å². The highest BCUT2D eigenvalue weighted by Gasteiger charge is 2.22. The average molecular weight is 406 g/mol. The molecule has 0 unspecified atom stereocenters. The lowest BCUT2D eigenvalue weighted by Gasteiger charge is -2.18. The van der Waals surface area contributed by atoms with Gasteiger partial charge in [0.1, 0.15) is 9.88 Å². The summed E-state index contributed by atoms with van der Waals surface area (Å²) in [4.78, 5) is 23.7. The highest BCUT2D eigenvalue weighted by Crippen LogP contribution is 2.30. The summed E-state index contributed by atoms with van der Waals surface area (Å²) in [5.41, 5.74) is 3.76. The Bertz CT molecular complexity index is 1070. The second kappa shape index (κ2) is 8.04. The lowest BCUT2D eigenvalue weighted by Crippen LogP contribution is -2.28. The first-order valence-electron chi connectivity index (χ1n) is 8.91. The second-order valence-corrected chi connectivity index (χ2v) is 8.46.